The van der Waals surface area contributed by atoms with Crippen molar-refractivity contribution in [2.75, 3.05) is 18.0 Å². The van der Waals surface area contributed by atoms with E-state index in [9.17, 15) is 8.42 Å². The van der Waals surface area contributed by atoms with E-state index in [0.29, 0.717) is 6.54 Å². The third-order valence-electron chi connectivity index (χ3n) is 3.16. The lowest BCUT2D eigenvalue weighted by Gasteiger charge is -2.15. The maximum Gasteiger partial charge on any atom is 0.259 e. The van der Waals surface area contributed by atoms with Crippen LogP contribution in [0.3, 0.4) is 0 Å². The maximum absolute atomic E-state index is 12.2. The number of aromatic nitrogens is 3. The van der Waals surface area contributed by atoms with Crippen LogP contribution >= 0.6 is 11.3 Å². The predicted octanol–water partition coefficient (Wildman–Crippen LogP) is 0.434. The Morgan fingerprint density at radius 2 is 2.30 bits per heavy atom. The molecule has 1 fully saturated rings. The molecule has 1 N–H and O–H groups in total. The van der Waals surface area contributed by atoms with E-state index in [-0.39, 0.29) is 11.1 Å². The normalized spacial score (nSPS) is 19.6. The van der Waals surface area contributed by atoms with Gasteiger partial charge in [0, 0.05) is 44.0 Å². The summed E-state index contributed by atoms with van der Waals surface area (Å²) in [7, 11) is -1.80. The van der Waals surface area contributed by atoms with E-state index >= 15 is 0 Å². The summed E-state index contributed by atoms with van der Waals surface area (Å²) in [6.07, 6.45) is 5.50. The second-order valence-electron chi connectivity index (χ2n) is 4.74. The lowest BCUT2D eigenvalue weighted by molar-refractivity contribution is 0.558. The Balaban J connectivity index is 1.67. The van der Waals surface area contributed by atoms with Gasteiger partial charge in [-0.05, 0) is 6.42 Å². The molecule has 2 aromatic rings. The van der Waals surface area contributed by atoms with E-state index in [1.165, 1.54) is 12.5 Å². The molecule has 1 saturated heterocycles. The Morgan fingerprint density at radius 3 is 2.95 bits per heavy atom. The van der Waals surface area contributed by atoms with Crippen molar-refractivity contribution in [3.63, 3.8) is 0 Å². The summed E-state index contributed by atoms with van der Waals surface area (Å²) < 4.78 is 28.7. The van der Waals surface area contributed by atoms with Crippen LogP contribution in [0.1, 0.15) is 6.42 Å². The lowest BCUT2D eigenvalue weighted by Crippen LogP contribution is -2.37. The summed E-state index contributed by atoms with van der Waals surface area (Å²) in [5.74, 6) is 0. The molecule has 0 radical (unpaired) electrons. The van der Waals surface area contributed by atoms with Gasteiger partial charge < -0.3 is 9.47 Å². The zero-order chi connectivity index (χ0) is 14.2. The van der Waals surface area contributed by atoms with Gasteiger partial charge in [0.05, 0.1) is 6.33 Å². The minimum Gasteiger partial charge on any atom is -0.346 e. The molecule has 3 heterocycles. The van der Waals surface area contributed by atoms with Gasteiger partial charge in [-0.2, -0.15) is 0 Å². The number of nitrogens with one attached hydrogen (secondary N) is 1. The van der Waals surface area contributed by atoms with Crippen molar-refractivity contribution < 1.29 is 8.42 Å². The summed E-state index contributed by atoms with van der Waals surface area (Å²) in [5.41, 5.74) is 0. The van der Waals surface area contributed by atoms with Gasteiger partial charge in [0.2, 0.25) is 0 Å². The van der Waals surface area contributed by atoms with Gasteiger partial charge in [-0.15, -0.1) is 11.3 Å². The highest BCUT2D eigenvalue weighted by molar-refractivity contribution is 7.89. The topological polar surface area (TPSA) is 80.1 Å². The third kappa shape index (κ3) is 2.69. The highest BCUT2D eigenvalue weighted by Gasteiger charge is 2.29. The number of anilines is 1. The molecular weight excluding hydrogens is 298 g/mol. The van der Waals surface area contributed by atoms with Crippen LogP contribution < -0.4 is 9.62 Å². The summed E-state index contributed by atoms with van der Waals surface area (Å²) in [5, 5.41) is 2.91. The van der Waals surface area contributed by atoms with Crippen LogP contribution in [-0.4, -0.2) is 42.1 Å². The molecule has 0 amide bonds. The Bertz CT molecular complexity index is 679. The molecule has 1 aliphatic rings. The summed E-state index contributed by atoms with van der Waals surface area (Å²) >= 11 is 1.56. The van der Waals surface area contributed by atoms with Crippen LogP contribution in [0.4, 0.5) is 5.13 Å². The van der Waals surface area contributed by atoms with E-state index in [1.807, 2.05) is 5.38 Å². The smallest absolute Gasteiger partial charge is 0.259 e. The fourth-order valence-corrected chi connectivity index (χ4v) is 4.13. The van der Waals surface area contributed by atoms with Gasteiger partial charge in [-0.3, -0.25) is 0 Å². The first-order valence-electron chi connectivity index (χ1n) is 6.19. The Hall–Kier alpha value is -1.45. The average molecular weight is 313 g/mol. The molecule has 1 atom stereocenters. The van der Waals surface area contributed by atoms with E-state index in [4.69, 9.17) is 0 Å². The van der Waals surface area contributed by atoms with Gasteiger partial charge in [0.25, 0.3) is 10.0 Å². The number of thiazole rings is 1. The Labute approximate surface area is 121 Å². The molecule has 1 unspecified atom stereocenters. The Kier molecular flexibility index (Phi) is 3.48. The SMILES string of the molecule is Cn1cnc(S(=O)(=O)NC2CCN(c3nccs3)C2)c1. The van der Waals surface area contributed by atoms with Gasteiger partial charge in [0.15, 0.2) is 10.2 Å². The van der Waals surface area contributed by atoms with Crippen LogP contribution in [0.15, 0.2) is 29.1 Å². The molecule has 9 heteroatoms. The molecular formula is C11H15N5O2S2. The van der Waals surface area contributed by atoms with Gasteiger partial charge in [-0.1, -0.05) is 0 Å². The van der Waals surface area contributed by atoms with Crippen molar-refractivity contribution in [3.8, 4) is 0 Å². The summed E-state index contributed by atoms with van der Waals surface area (Å²) in [6.45, 7) is 1.45. The third-order valence-corrected chi connectivity index (χ3v) is 5.39. The lowest BCUT2D eigenvalue weighted by atomic mass is 10.3. The molecule has 3 rings (SSSR count). The van der Waals surface area contributed by atoms with Gasteiger partial charge in [0.1, 0.15) is 0 Å². The van der Waals surface area contributed by atoms with Crippen molar-refractivity contribution in [2.45, 2.75) is 17.5 Å². The first-order chi connectivity index (χ1) is 9.54. The van der Waals surface area contributed by atoms with Crippen molar-refractivity contribution in [2.24, 2.45) is 7.05 Å². The van der Waals surface area contributed by atoms with Gasteiger partial charge >= 0.3 is 0 Å². The van der Waals surface area contributed by atoms with Crippen molar-refractivity contribution in [3.05, 3.63) is 24.1 Å². The molecule has 1 aliphatic heterocycles. The number of nitrogens with zero attached hydrogens (tertiary/aromatic N) is 4. The van der Waals surface area contributed by atoms with Crippen molar-refractivity contribution >= 4 is 26.5 Å². The second kappa shape index (κ2) is 5.15. The molecule has 0 bridgehead atoms. The van der Waals surface area contributed by atoms with Crippen LogP contribution in [0.25, 0.3) is 0 Å². The van der Waals surface area contributed by atoms with Crippen LogP contribution in [0, 0.1) is 0 Å². The maximum atomic E-state index is 12.2. The number of rotatable bonds is 4. The fourth-order valence-electron chi connectivity index (χ4n) is 2.21. The number of imidazole rings is 1. The highest BCUT2D eigenvalue weighted by Crippen LogP contribution is 2.23. The molecule has 0 aliphatic carbocycles. The molecule has 2 aromatic heterocycles. The average Bonchev–Trinajstić information content (AvgIpc) is 3.06. The predicted molar refractivity (Wildman–Crippen MR) is 76.3 cm³/mol. The van der Waals surface area contributed by atoms with Crippen LogP contribution in [-0.2, 0) is 17.1 Å². The van der Waals surface area contributed by atoms with E-state index in [1.54, 1.807) is 29.1 Å². The zero-order valence-corrected chi connectivity index (χ0v) is 12.6. The second-order valence-corrected chi connectivity index (χ2v) is 7.28. The number of hydrogen-bond donors (Lipinski definition) is 1. The molecule has 0 spiro atoms. The minimum atomic E-state index is -3.54. The van der Waals surface area contributed by atoms with Crippen LogP contribution in [0.2, 0.25) is 0 Å². The number of aryl methyl sites for hydroxylation is 1. The fraction of sp³-hybridized carbons (Fsp3) is 0.455. The highest BCUT2D eigenvalue weighted by atomic mass is 32.2. The molecule has 20 heavy (non-hydrogen) atoms. The van der Waals surface area contributed by atoms with Crippen LogP contribution in [0.5, 0.6) is 0 Å². The van der Waals surface area contributed by atoms with E-state index in [2.05, 4.69) is 19.6 Å². The standard InChI is InChI=1S/C11H15N5O2S2/c1-15-7-10(13-8-15)20(17,18)14-9-2-4-16(6-9)11-12-3-5-19-11/h3,5,7-9,14H,2,4,6H2,1H3. The number of hydrogen-bond acceptors (Lipinski definition) is 6. The van der Waals surface area contributed by atoms with E-state index in [0.717, 1.165) is 18.1 Å². The first-order valence-corrected chi connectivity index (χ1v) is 8.55. The van der Waals surface area contributed by atoms with Gasteiger partial charge in [-0.25, -0.2) is 23.1 Å². The molecule has 0 aromatic carbocycles. The van der Waals surface area contributed by atoms with E-state index < -0.39 is 10.0 Å². The quantitative estimate of drug-likeness (QED) is 0.885. The van der Waals surface area contributed by atoms with Crippen molar-refractivity contribution in [1.82, 2.24) is 19.3 Å². The van der Waals surface area contributed by atoms with Crippen molar-refractivity contribution in [1.29, 1.82) is 0 Å². The first kappa shape index (κ1) is 13.5. The zero-order valence-electron chi connectivity index (χ0n) is 10.9. The summed E-state index contributed by atoms with van der Waals surface area (Å²) in [6, 6.07) is -0.106. The monoisotopic (exact) mass is 313 g/mol. The minimum absolute atomic E-state index is 0.0627. The molecule has 108 valence electrons. The Morgan fingerprint density at radius 1 is 1.45 bits per heavy atom. The number of sulfonamides is 1. The summed E-state index contributed by atoms with van der Waals surface area (Å²) in [4.78, 5) is 10.2. The molecule has 0 saturated carbocycles. The largest absolute Gasteiger partial charge is 0.346 e. The molecule has 7 nitrogen and oxygen atoms in total.